The number of carboxylic acids is 1. The lowest BCUT2D eigenvalue weighted by Gasteiger charge is -2.24. The van der Waals surface area contributed by atoms with Crippen molar-refractivity contribution in [2.24, 2.45) is 5.92 Å². The van der Waals surface area contributed by atoms with Crippen LogP contribution in [0.4, 0.5) is 0 Å². The summed E-state index contributed by atoms with van der Waals surface area (Å²) in [5.74, 6) is -0.949. The number of rotatable bonds is 2. The second-order valence-corrected chi connectivity index (χ2v) is 3.89. The Morgan fingerprint density at radius 1 is 1.27 bits per heavy atom. The van der Waals surface area contributed by atoms with Crippen LogP contribution in [0.3, 0.4) is 0 Å². The zero-order chi connectivity index (χ0) is 10.7. The first-order chi connectivity index (χ1) is 7.29. The Morgan fingerprint density at radius 3 is 2.67 bits per heavy atom. The summed E-state index contributed by atoms with van der Waals surface area (Å²) in [4.78, 5) is 11.1. The largest absolute Gasteiger partial charge is 0.481 e. The van der Waals surface area contributed by atoms with Gasteiger partial charge in [0.25, 0.3) is 0 Å². The van der Waals surface area contributed by atoms with Gasteiger partial charge >= 0.3 is 5.97 Å². The molecule has 0 radical (unpaired) electrons. The number of carbonyl (C=O) groups is 1. The van der Waals surface area contributed by atoms with Gasteiger partial charge in [0, 0.05) is 5.92 Å². The normalized spacial score (nSPS) is 25.1. The molecule has 0 bridgehead atoms. The first-order valence-corrected chi connectivity index (χ1v) is 5.23. The molecular formula is C13H14O2. The van der Waals surface area contributed by atoms with E-state index in [1.807, 2.05) is 42.5 Å². The molecule has 0 saturated heterocycles. The van der Waals surface area contributed by atoms with Gasteiger partial charge in [-0.1, -0.05) is 42.5 Å². The van der Waals surface area contributed by atoms with Gasteiger partial charge < -0.3 is 5.11 Å². The van der Waals surface area contributed by atoms with E-state index in [4.69, 9.17) is 5.11 Å². The predicted octanol–water partition coefficient (Wildman–Crippen LogP) is 2.82. The Hall–Kier alpha value is -1.57. The Morgan fingerprint density at radius 2 is 2.00 bits per heavy atom. The first kappa shape index (κ1) is 9.97. The first-order valence-electron chi connectivity index (χ1n) is 5.23. The van der Waals surface area contributed by atoms with Crippen molar-refractivity contribution in [2.45, 2.75) is 18.8 Å². The molecule has 0 aromatic heterocycles. The highest BCUT2D eigenvalue weighted by molar-refractivity contribution is 5.73. The number of carboxylic acid groups (broad SMARTS) is 1. The van der Waals surface area contributed by atoms with Gasteiger partial charge in [-0.3, -0.25) is 4.79 Å². The van der Waals surface area contributed by atoms with Gasteiger partial charge in [-0.25, -0.2) is 0 Å². The van der Waals surface area contributed by atoms with E-state index >= 15 is 0 Å². The van der Waals surface area contributed by atoms with Crippen LogP contribution in [0, 0.1) is 5.92 Å². The quantitative estimate of drug-likeness (QED) is 0.749. The Balaban J connectivity index is 2.28. The number of allylic oxidation sites excluding steroid dienone is 1. The van der Waals surface area contributed by atoms with Gasteiger partial charge in [-0.15, -0.1) is 0 Å². The number of hydrogen-bond acceptors (Lipinski definition) is 1. The molecule has 15 heavy (non-hydrogen) atoms. The van der Waals surface area contributed by atoms with Gasteiger partial charge in [-0.05, 0) is 18.4 Å². The second-order valence-electron chi connectivity index (χ2n) is 3.89. The molecule has 2 nitrogen and oxygen atoms in total. The fourth-order valence-corrected chi connectivity index (χ4v) is 2.16. The molecule has 1 aromatic carbocycles. The molecule has 1 aromatic rings. The molecule has 0 fully saturated rings. The van der Waals surface area contributed by atoms with Gasteiger partial charge in [0.05, 0.1) is 5.92 Å². The minimum Gasteiger partial charge on any atom is -0.481 e. The highest BCUT2D eigenvalue weighted by Gasteiger charge is 2.28. The highest BCUT2D eigenvalue weighted by atomic mass is 16.4. The summed E-state index contributed by atoms with van der Waals surface area (Å²) in [7, 11) is 0. The molecule has 78 valence electrons. The average molecular weight is 202 g/mol. The average Bonchev–Trinajstić information content (AvgIpc) is 2.30. The Kier molecular flexibility index (Phi) is 2.86. The molecule has 2 atom stereocenters. The molecule has 0 heterocycles. The van der Waals surface area contributed by atoms with Crippen LogP contribution in [0.5, 0.6) is 0 Å². The van der Waals surface area contributed by atoms with E-state index in [2.05, 4.69) is 0 Å². The lowest BCUT2D eigenvalue weighted by Crippen LogP contribution is -2.22. The van der Waals surface area contributed by atoms with Crippen LogP contribution in [-0.2, 0) is 4.79 Å². The third kappa shape index (κ3) is 2.09. The van der Waals surface area contributed by atoms with E-state index < -0.39 is 5.97 Å². The maximum atomic E-state index is 11.1. The summed E-state index contributed by atoms with van der Waals surface area (Å²) in [5, 5.41) is 9.12. The zero-order valence-electron chi connectivity index (χ0n) is 8.47. The molecule has 2 unspecified atom stereocenters. The zero-order valence-corrected chi connectivity index (χ0v) is 8.47. The van der Waals surface area contributed by atoms with Gasteiger partial charge in [0.1, 0.15) is 0 Å². The lowest BCUT2D eigenvalue weighted by atomic mass is 9.79. The predicted molar refractivity (Wildman–Crippen MR) is 58.7 cm³/mol. The summed E-state index contributed by atoms with van der Waals surface area (Å²) in [5.41, 5.74) is 1.13. The van der Waals surface area contributed by atoms with Crippen molar-refractivity contribution in [3.05, 3.63) is 48.0 Å². The number of hydrogen-bond donors (Lipinski definition) is 1. The molecule has 0 aliphatic heterocycles. The molecule has 0 spiro atoms. The van der Waals surface area contributed by atoms with Crippen molar-refractivity contribution < 1.29 is 9.90 Å². The molecule has 0 saturated carbocycles. The van der Waals surface area contributed by atoms with Crippen LogP contribution >= 0.6 is 0 Å². The summed E-state index contributed by atoms with van der Waals surface area (Å²) in [6.07, 6.45) is 5.70. The second kappa shape index (κ2) is 4.30. The van der Waals surface area contributed by atoms with E-state index in [0.717, 1.165) is 18.4 Å². The monoisotopic (exact) mass is 202 g/mol. The number of benzene rings is 1. The topological polar surface area (TPSA) is 37.3 Å². The maximum absolute atomic E-state index is 11.1. The van der Waals surface area contributed by atoms with Crippen LogP contribution < -0.4 is 0 Å². The van der Waals surface area contributed by atoms with Gasteiger partial charge in [0.2, 0.25) is 0 Å². The van der Waals surface area contributed by atoms with Crippen LogP contribution in [0.2, 0.25) is 0 Å². The van der Waals surface area contributed by atoms with E-state index in [1.165, 1.54) is 0 Å². The van der Waals surface area contributed by atoms with Crippen LogP contribution in [0.15, 0.2) is 42.5 Å². The summed E-state index contributed by atoms with van der Waals surface area (Å²) in [6, 6.07) is 9.91. The maximum Gasteiger partial charge on any atom is 0.310 e. The Bertz CT molecular complexity index is 367. The van der Waals surface area contributed by atoms with Crippen molar-refractivity contribution in [1.82, 2.24) is 0 Å². The van der Waals surface area contributed by atoms with Crippen molar-refractivity contribution >= 4 is 5.97 Å². The van der Waals surface area contributed by atoms with Gasteiger partial charge in [0.15, 0.2) is 0 Å². The standard InChI is InChI=1S/C13H14O2/c14-13(15)12-9-5-4-8-11(12)10-6-2-1-3-7-10/h1-3,5-7,9,11-12H,4,8H2,(H,14,15). The summed E-state index contributed by atoms with van der Waals surface area (Å²) in [6.45, 7) is 0. The molecular weight excluding hydrogens is 188 g/mol. The third-order valence-electron chi connectivity index (χ3n) is 2.93. The number of aliphatic carboxylic acids is 1. The van der Waals surface area contributed by atoms with Crippen LogP contribution in [0.1, 0.15) is 24.3 Å². The minimum absolute atomic E-state index is 0.133. The molecule has 2 rings (SSSR count). The third-order valence-corrected chi connectivity index (χ3v) is 2.93. The van der Waals surface area contributed by atoms with E-state index in [9.17, 15) is 4.79 Å². The van der Waals surface area contributed by atoms with E-state index in [1.54, 1.807) is 0 Å². The van der Waals surface area contributed by atoms with Crippen molar-refractivity contribution in [1.29, 1.82) is 0 Å². The summed E-state index contributed by atoms with van der Waals surface area (Å²) < 4.78 is 0. The SMILES string of the molecule is O=C(O)C1C=CCCC1c1ccccc1. The summed E-state index contributed by atoms with van der Waals surface area (Å²) >= 11 is 0. The molecule has 1 N–H and O–H groups in total. The van der Waals surface area contributed by atoms with Crippen molar-refractivity contribution in [3.63, 3.8) is 0 Å². The van der Waals surface area contributed by atoms with Crippen molar-refractivity contribution in [2.75, 3.05) is 0 Å². The molecule has 1 aliphatic carbocycles. The molecule has 0 amide bonds. The fraction of sp³-hybridized carbons (Fsp3) is 0.308. The molecule has 1 aliphatic rings. The fourth-order valence-electron chi connectivity index (χ4n) is 2.16. The molecule has 2 heteroatoms. The van der Waals surface area contributed by atoms with Gasteiger partial charge in [-0.2, -0.15) is 0 Å². The van der Waals surface area contributed by atoms with E-state index in [-0.39, 0.29) is 11.8 Å². The van der Waals surface area contributed by atoms with E-state index in [0.29, 0.717) is 0 Å². The smallest absolute Gasteiger partial charge is 0.310 e. The highest BCUT2D eigenvalue weighted by Crippen LogP contribution is 2.33. The minimum atomic E-state index is -0.722. The van der Waals surface area contributed by atoms with Crippen molar-refractivity contribution in [3.8, 4) is 0 Å². The lowest BCUT2D eigenvalue weighted by molar-refractivity contribution is -0.140. The van der Waals surface area contributed by atoms with Crippen LogP contribution in [0.25, 0.3) is 0 Å². The van der Waals surface area contributed by atoms with Crippen LogP contribution in [-0.4, -0.2) is 11.1 Å². The Labute approximate surface area is 89.2 Å².